The van der Waals surface area contributed by atoms with Crippen molar-refractivity contribution >= 4 is 18.4 Å². The Bertz CT molecular complexity index is 1180. The van der Waals surface area contributed by atoms with Gasteiger partial charge in [-0.3, -0.25) is 4.99 Å². The van der Waals surface area contributed by atoms with Crippen LogP contribution in [-0.4, -0.2) is 35.9 Å². The van der Waals surface area contributed by atoms with Crippen LogP contribution in [0.4, 0.5) is 0 Å². The third kappa shape index (κ3) is 4.62. The second-order valence-corrected chi connectivity index (χ2v) is 18.0. The Balaban J connectivity index is 1.63. The minimum absolute atomic E-state index is 0.547. The van der Waals surface area contributed by atoms with E-state index in [1.54, 1.807) is 16.7 Å². The minimum Gasteiger partial charge on any atom is -0.372 e. The summed E-state index contributed by atoms with van der Waals surface area (Å²) in [5.74, 6) is 2.48. The van der Waals surface area contributed by atoms with Gasteiger partial charge >= 0.3 is 0 Å². The van der Waals surface area contributed by atoms with Gasteiger partial charge in [0, 0.05) is 18.4 Å². The average molecular weight is 544 g/mol. The maximum absolute atomic E-state index is 5.12. The third-order valence-electron chi connectivity index (χ3n) is 11.2. The van der Waals surface area contributed by atoms with E-state index in [4.69, 9.17) is 4.99 Å². The van der Waals surface area contributed by atoms with Crippen molar-refractivity contribution in [1.82, 2.24) is 5.32 Å². The van der Waals surface area contributed by atoms with Crippen molar-refractivity contribution in [1.29, 1.82) is 0 Å². The molecule has 4 aliphatic rings. The maximum Gasteiger partial charge on any atom is 0.101 e. The normalized spacial score (nSPS) is 26.4. The minimum atomic E-state index is -1.52. The lowest BCUT2D eigenvalue weighted by Gasteiger charge is -2.46. The van der Waals surface area contributed by atoms with Gasteiger partial charge in [0.15, 0.2) is 0 Å². The molecule has 0 amide bonds. The lowest BCUT2D eigenvalue weighted by atomic mass is 9.82. The van der Waals surface area contributed by atoms with Gasteiger partial charge < -0.3 is 5.32 Å². The van der Waals surface area contributed by atoms with Gasteiger partial charge in [-0.05, 0) is 134 Å². The number of aryl methyl sites for hydroxylation is 6. The van der Waals surface area contributed by atoms with E-state index < -0.39 is 7.26 Å². The van der Waals surface area contributed by atoms with E-state index in [1.807, 2.05) is 5.30 Å². The van der Waals surface area contributed by atoms with Gasteiger partial charge in [0.1, 0.15) is 11.1 Å². The smallest absolute Gasteiger partial charge is 0.101 e. The van der Waals surface area contributed by atoms with E-state index in [9.17, 15) is 0 Å². The highest BCUT2D eigenvalue weighted by atomic mass is 31.2. The molecule has 1 heterocycles. The summed E-state index contributed by atoms with van der Waals surface area (Å²) < 4.78 is 0. The second kappa shape index (κ2) is 11.0. The van der Waals surface area contributed by atoms with Crippen molar-refractivity contribution in [3.05, 3.63) is 63.2 Å². The van der Waals surface area contributed by atoms with Crippen LogP contribution in [0.2, 0.25) is 0 Å². The molecule has 3 saturated carbocycles. The average Bonchev–Trinajstić information content (AvgIpc) is 3.68. The summed E-state index contributed by atoms with van der Waals surface area (Å²) in [6.45, 7) is 16.4. The lowest BCUT2D eigenvalue weighted by molar-refractivity contribution is 0.601. The van der Waals surface area contributed by atoms with Crippen LogP contribution in [0, 0.1) is 47.5 Å². The lowest BCUT2D eigenvalue weighted by Crippen LogP contribution is -2.42. The molecular weight excluding hydrogens is 491 g/mol. The molecule has 0 saturated heterocycles. The second-order valence-electron chi connectivity index (χ2n) is 13.7. The largest absolute Gasteiger partial charge is 0.372 e. The Kier molecular flexibility index (Phi) is 7.73. The molecule has 0 radical (unpaired) electrons. The molecule has 210 valence electrons. The first-order chi connectivity index (χ1) is 18.8. The van der Waals surface area contributed by atoms with Gasteiger partial charge in [-0.25, -0.2) is 0 Å². The van der Waals surface area contributed by atoms with Crippen LogP contribution in [-0.2, 0) is 0 Å². The van der Waals surface area contributed by atoms with Crippen LogP contribution >= 0.6 is 7.26 Å². The molecule has 3 heteroatoms. The zero-order valence-electron chi connectivity index (χ0n) is 25.6. The zero-order chi connectivity index (χ0) is 27.3. The van der Waals surface area contributed by atoms with Crippen molar-refractivity contribution in [3.63, 3.8) is 0 Å². The molecule has 6 rings (SSSR count). The Morgan fingerprint density at radius 2 is 1.18 bits per heavy atom. The molecule has 1 N–H and O–H groups in total. The number of aliphatic imine (C=N–C) groups is 1. The van der Waals surface area contributed by atoms with Crippen molar-refractivity contribution < 1.29 is 0 Å². The molecule has 2 nitrogen and oxygen atoms in total. The molecule has 0 bridgehead atoms. The number of rotatable bonds is 6. The molecule has 1 aliphatic heterocycles. The number of nitrogens with zero attached hydrogens (tertiary/aromatic N) is 1. The summed E-state index contributed by atoms with van der Waals surface area (Å²) in [6, 6.07) is 10.1. The summed E-state index contributed by atoms with van der Waals surface area (Å²) in [5.41, 5.74) is 13.4. The highest BCUT2D eigenvalue weighted by Crippen LogP contribution is 2.80. The number of nitrogens with one attached hydrogen (secondary N) is 1. The molecule has 2 aromatic rings. The van der Waals surface area contributed by atoms with Crippen LogP contribution < -0.4 is 10.6 Å². The predicted octanol–water partition coefficient (Wildman–Crippen LogP) is 8.63. The predicted molar refractivity (Wildman–Crippen MR) is 172 cm³/mol. The standard InChI is InChI=1S/C36H52N2P/c1-23-19-25(3)33(26(4)20-23)34-31(36-37-17-18-38-36)15-16-32(34)39(29-11-7-8-12-29,30-13-9-10-14-30)35-27(5)21-24(2)22-28(35)6/h19-22,29-32,34H,7-18H2,1-6H3,(H,37,38)/q+1. The van der Waals surface area contributed by atoms with Gasteiger partial charge in [-0.15, -0.1) is 0 Å². The quantitative estimate of drug-likeness (QED) is 0.362. The summed E-state index contributed by atoms with van der Waals surface area (Å²) in [5, 5.41) is 5.67. The fraction of sp³-hybridized carbons (Fsp3) is 0.639. The fourth-order valence-corrected chi connectivity index (χ4v) is 18.4. The molecule has 3 unspecified atom stereocenters. The first kappa shape index (κ1) is 27.5. The number of benzene rings is 2. The number of hydrogen-bond acceptors (Lipinski definition) is 2. The van der Waals surface area contributed by atoms with E-state index in [2.05, 4.69) is 71.1 Å². The number of amidine groups is 1. The topological polar surface area (TPSA) is 24.4 Å². The van der Waals surface area contributed by atoms with E-state index in [0.29, 0.717) is 11.8 Å². The molecule has 2 aromatic carbocycles. The van der Waals surface area contributed by atoms with E-state index in [0.717, 1.165) is 30.1 Å². The van der Waals surface area contributed by atoms with Crippen molar-refractivity contribution in [3.8, 4) is 0 Å². The summed E-state index contributed by atoms with van der Waals surface area (Å²) in [7, 11) is -1.52. The Labute approximate surface area is 239 Å². The highest BCUT2D eigenvalue weighted by Gasteiger charge is 2.65. The van der Waals surface area contributed by atoms with Gasteiger partial charge in [0.2, 0.25) is 0 Å². The van der Waals surface area contributed by atoms with E-state index in [1.165, 1.54) is 92.3 Å². The van der Waals surface area contributed by atoms with E-state index >= 15 is 0 Å². The number of hydrogen-bond donors (Lipinski definition) is 1. The van der Waals surface area contributed by atoms with Crippen molar-refractivity contribution in [2.45, 2.75) is 129 Å². The fourth-order valence-electron chi connectivity index (χ4n) is 10.4. The summed E-state index contributed by atoms with van der Waals surface area (Å²) >= 11 is 0. The van der Waals surface area contributed by atoms with Crippen LogP contribution in [0.5, 0.6) is 0 Å². The summed E-state index contributed by atoms with van der Waals surface area (Å²) in [4.78, 5) is 5.12. The maximum atomic E-state index is 5.12. The van der Waals surface area contributed by atoms with Gasteiger partial charge in [0.05, 0.1) is 30.8 Å². The monoisotopic (exact) mass is 543 g/mol. The van der Waals surface area contributed by atoms with Crippen LogP contribution in [0.25, 0.3) is 0 Å². The van der Waals surface area contributed by atoms with Crippen LogP contribution in [0.15, 0.2) is 29.3 Å². The Morgan fingerprint density at radius 1 is 0.667 bits per heavy atom. The van der Waals surface area contributed by atoms with Crippen LogP contribution in [0.3, 0.4) is 0 Å². The molecule has 0 aromatic heterocycles. The first-order valence-electron chi connectivity index (χ1n) is 16.1. The Morgan fingerprint density at radius 3 is 1.67 bits per heavy atom. The Hall–Kier alpha value is -1.66. The molecule has 0 spiro atoms. The van der Waals surface area contributed by atoms with E-state index in [-0.39, 0.29) is 0 Å². The van der Waals surface area contributed by atoms with Crippen LogP contribution in [0.1, 0.15) is 109 Å². The highest BCUT2D eigenvalue weighted by molar-refractivity contribution is 7.85. The molecular formula is C36H52N2P+. The van der Waals surface area contributed by atoms with Gasteiger partial charge in [-0.2, -0.15) is 0 Å². The SMILES string of the molecule is Cc1cc(C)c(C2C(C3=NCCN3)CCC2[P+](c2c(C)cc(C)cc2C)(C2CCCC2)C2CCCC2)c(C)c1. The molecule has 3 fully saturated rings. The third-order valence-corrected chi connectivity index (χ3v) is 17.8. The first-order valence-corrected chi connectivity index (χ1v) is 18.1. The molecule has 3 atom stereocenters. The zero-order valence-corrected chi connectivity index (χ0v) is 26.5. The van der Waals surface area contributed by atoms with Gasteiger partial charge in [0.25, 0.3) is 0 Å². The van der Waals surface area contributed by atoms with Crippen molar-refractivity contribution in [2.75, 3.05) is 13.1 Å². The van der Waals surface area contributed by atoms with Crippen molar-refractivity contribution in [2.24, 2.45) is 10.9 Å². The van der Waals surface area contributed by atoms with Gasteiger partial charge in [-0.1, -0.05) is 35.4 Å². The molecule has 3 aliphatic carbocycles. The summed E-state index contributed by atoms with van der Waals surface area (Å²) in [6.07, 6.45) is 14.3. The molecule has 39 heavy (non-hydrogen) atoms.